The highest BCUT2D eigenvalue weighted by Gasteiger charge is 2.45. The molecule has 0 bridgehead atoms. The van der Waals surface area contributed by atoms with Gasteiger partial charge in [0, 0.05) is 0 Å². The van der Waals surface area contributed by atoms with Crippen molar-refractivity contribution in [3.63, 3.8) is 0 Å². The van der Waals surface area contributed by atoms with E-state index in [2.05, 4.69) is 0 Å². The van der Waals surface area contributed by atoms with Crippen LogP contribution in [0.15, 0.2) is 12.1 Å². The van der Waals surface area contributed by atoms with E-state index in [1.165, 1.54) is 6.92 Å². The van der Waals surface area contributed by atoms with E-state index in [0.29, 0.717) is 6.07 Å². The zero-order valence-corrected chi connectivity index (χ0v) is 10.5. The summed E-state index contributed by atoms with van der Waals surface area (Å²) in [7, 11) is 0. The predicted octanol–water partition coefficient (Wildman–Crippen LogP) is 3.40. The van der Waals surface area contributed by atoms with Crippen molar-refractivity contribution < 1.29 is 41.4 Å². The summed E-state index contributed by atoms with van der Waals surface area (Å²) < 4.78 is 76.9. The Labute approximate surface area is 114 Å². The highest BCUT2D eigenvalue weighted by Crippen LogP contribution is 2.43. The zero-order chi connectivity index (χ0) is 16.6. The average molecular weight is 316 g/mol. The smallest absolute Gasteiger partial charge is 0.417 e. The molecule has 118 valence electrons. The van der Waals surface area contributed by atoms with E-state index >= 15 is 0 Å². The van der Waals surface area contributed by atoms with Gasteiger partial charge in [0.25, 0.3) is 0 Å². The Morgan fingerprint density at radius 1 is 1.14 bits per heavy atom. The Morgan fingerprint density at radius 3 is 2.00 bits per heavy atom. The van der Waals surface area contributed by atoms with E-state index in [9.17, 15) is 36.2 Å². The highest BCUT2D eigenvalue weighted by atomic mass is 19.4. The third-order valence-electron chi connectivity index (χ3n) is 2.76. The van der Waals surface area contributed by atoms with Crippen LogP contribution in [0.1, 0.15) is 35.3 Å². The predicted molar refractivity (Wildman–Crippen MR) is 58.4 cm³/mol. The van der Waals surface area contributed by atoms with Gasteiger partial charge in [0.1, 0.15) is 0 Å². The molecule has 0 heterocycles. The van der Waals surface area contributed by atoms with Gasteiger partial charge in [0.15, 0.2) is 6.10 Å². The maximum atomic E-state index is 12.8. The lowest BCUT2D eigenvalue weighted by Crippen LogP contribution is -2.21. The molecule has 0 aliphatic carbocycles. The Hall–Kier alpha value is -1.77. The minimum absolute atomic E-state index is 0.0147. The lowest BCUT2D eigenvalue weighted by molar-refractivity contribution is -0.162. The van der Waals surface area contributed by atoms with Gasteiger partial charge in [-0.3, -0.25) is 0 Å². The number of carboxylic acid groups (broad SMARTS) is 1. The molecule has 0 fully saturated rings. The van der Waals surface area contributed by atoms with Crippen LogP contribution >= 0.6 is 0 Å². The van der Waals surface area contributed by atoms with Crippen molar-refractivity contribution in [2.45, 2.75) is 31.8 Å². The number of halogens is 6. The Kier molecular flexibility index (Phi) is 4.57. The molecule has 1 rings (SSSR count). The van der Waals surface area contributed by atoms with Crippen LogP contribution in [0, 0.1) is 0 Å². The third-order valence-corrected chi connectivity index (χ3v) is 2.76. The molecule has 0 saturated carbocycles. The first-order chi connectivity index (χ1) is 9.39. The van der Waals surface area contributed by atoms with Crippen molar-refractivity contribution in [3.8, 4) is 0 Å². The fourth-order valence-corrected chi connectivity index (χ4v) is 1.86. The minimum Gasteiger partial charge on any atom is -0.479 e. The second kappa shape index (κ2) is 5.55. The first kappa shape index (κ1) is 17.3. The van der Waals surface area contributed by atoms with Crippen molar-refractivity contribution in [2.75, 3.05) is 0 Å². The number of aliphatic carboxylic acids is 1. The quantitative estimate of drug-likeness (QED) is 0.840. The van der Waals surface area contributed by atoms with Crippen LogP contribution in [0.25, 0.3) is 0 Å². The van der Waals surface area contributed by atoms with Crippen molar-refractivity contribution in [1.82, 2.24) is 0 Å². The zero-order valence-electron chi connectivity index (χ0n) is 10.5. The van der Waals surface area contributed by atoms with E-state index in [4.69, 9.17) is 5.11 Å². The largest absolute Gasteiger partial charge is 0.479 e. The first-order valence-electron chi connectivity index (χ1n) is 5.61. The van der Waals surface area contributed by atoms with Crippen LogP contribution in [0.4, 0.5) is 26.3 Å². The van der Waals surface area contributed by atoms with E-state index in [1.807, 2.05) is 0 Å². The second-order valence-corrected chi connectivity index (χ2v) is 4.19. The van der Waals surface area contributed by atoms with Crippen molar-refractivity contribution in [3.05, 3.63) is 34.4 Å². The molecule has 0 aliphatic heterocycles. The Bertz CT molecular complexity index is 547. The van der Waals surface area contributed by atoms with Crippen LogP contribution < -0.4 is 0 Å². The van der Waals surface area contributed by atoms with E-state index < -0.39 is 53.1 Å². The maximum Gasteiger partial charge on any atom is 0.417 e. The summed E-state index contributed by atoms with van der Waals surface area (Å²) in [5, 5.41) is 17.8. The fourth-order valence-electron chi connectivity index (χ4n) is 1.86. The molecule has 1 atom stereocenters. The van der Waals surface area contributed by atoms with Gasteiger partial charge in [-0.15, -0.1) is 0 Å². The number of aryl methyl sites for hydroxylation is 1. The van der Waals surface area contributed by atoms with Gasteiger partial charge >= 0.3 is 18.3 Å². The van der Waals surface area contributed by atoms with Crippen LogP contribution in [0.2, 0.25) is 0 Å². The van der Waals surface area contributed by atoms with Gasteiger partial charge in [0.2, 0.25) is 0 Å². The SMILES string of the molecule is CCc1cc(C(O)C(=O)O)cc(C(F)(F)F)c1C(F)(F)F. The minimum atomic E-state index is -5.33. The normalized spacial score (nSPS) is 14.1. The molecule has 3 nitrogen and oxygen atoms in total. The average Bonchev–Trinajstić information content (AvgIpc) is 2.33. The number of rotatable bonds is 3. The molecule has 0 spiro atoms. The molecule has 2 N–H and O–H groups in total. The van der Waals surface area contributed by atoms with Crippen LogP contribution in [-0.4, -0.2) is 16.2 Å². The van der Waals surface area contributed by atoms with Gasteiger partial charge in [-0.05, 0) is 23.6 Å². The van der Waals surface area contributed by atoms with E-state index in [1.54, 1.807) is 0 Å². The maximum absolute atomic E-state index is 12.8. The van der Waals surface area contributed by atoms with Gasteiger partial charge in [0.05, 0.1) is 11.1 Å². The van der Waals surface area contributed by atoms with Gasteiger partial charge in [-0.2, -0.15) is 26.3 Å². The molecular weight excluding hydrogens is 306 g/mol. The summed E-state index contributed by atoms with van der Waals surface area (Å²) in [6.07, 6.45) is -13.3. The van der Waals surface area contributed by atoms with Gasteiger partial charge < -0.3 is 10.2 Å². The summed E-state index contributed by atoms with van der Waals surface area (Å²) in [6, 6.07) is 0.637. The molecule has 0 radical (unpaired) electrons. The standard InChI is InChI=1S/C12H10F6O3/c1-2-5-3-6(9(19)10(20)21)4-7(11(13,14)15)8(5)12(16,17)18/h3-4,9,19H,2H2,1H3,(H,20,21). The summed E-state index contributed by atoms with van der Waals surface area (Å²) in [4.78, 5) is 10.6. The van der Waals surface area contributed by atoms with Crippen LogP contribution in [0.5, 0.6) is 0 Å². The van der Waals surface area contributed by atoms with Crippen LogP contribution in [0.3, 0.4) is 0 Å². The summed E-state index contributed by atoms with van der Waals surface area (Å²) in [5.74, 6) is -1.86. The molecule has 0 aliphatic rings. The molecule has 1 aromatic carbocycles. The lowest BCUT2D eigenvalue weighted by Gasteiger charge is -2.21. The highest BCUT2D eigenvalue weighted by molar-refractivity contribution is 5.74. The second-order valence-electron chi connectivity index (χ2n) is 4.19. The van der Waals surface area contributed by atoms with E-state index in [-0.39, 0.29) is 6.07 Å². The van der Waals surface area contributed by atoms with Crippen molar-refractivity contribution >= 4 is 5.97 Å². The lowest BCUT2D eigenvalue weighted by atomic mass is 9.93. The number of carbonyl (C=O) groups is 1. The molecule has 9 heteroatoms. The molecule has 1 unspecified atom stereocenters. The number of aliphatic hydroxyl groups excluding tert-OH is 1. The fraction of sp³-hybridized carbons (Fsp3) is 0.417. The number of carboxylic acids is 1. The monoisotopic (exact) mass is 316 g/mol. The van der Waals surface area contributed by atoms with Crippen molar-refractivity contribution in [1.29, 1.82) is 0 Å². The number of benzene rings is 1. The van der Waals surface area contributed by atoms with E-state index in [0.717, 1.165) is 0 Å². The van der Waals surface area contributed by atoms with Crippen LogP contribution in [-0.2, 0) is 23.6 Å². The number of hydrogen-bond acceptors (Lipinski definition) is 2. The van der Waals surface area contributed by atoms with Crippen molar-refractivity contribution in [2.24, 2.45) is 0 Å². The van der Waals surface area contributed by atoms with Gasteiger partial charge in [-0.1, -0.05) is 13.0 Å². The molecule has 0 aromatic heterocycles. The molecule has 0 saturated heterocycles. The number of aliphatic hydroxyl groups is 1. The molecule has 0 amide bonds. The topological polar surface area (TPSA) is 57.5 Å². The Balaban J connectivity index is 3.71. The number of alkyl halides is 6. The third kappa shape index (κ3) is 3.66. The number of hydrogen-bond donors (Lipinski definition) is 2. The summed E-state index contributed by atoms with van der Waals surface area (Å²) in [5.41, 5.74) is -5.35. The molecule has 21 heavy (non-hydrogen) atoms. The molecule has 1 aromatic rings. The van der Waals surface area contributed by atoms with Gasteiger partial charge in [-0.25, -0.2) is 4.79 Å². The Morgan fingerprint density at radius 2 is 1.67 bits per heavy atom. The summed E-state index contributed by atoms with van der Waals surface area (Å²) >= 11 is 0. The first-order valence-corrected chi connectivity index (χ1v) is 5.61. The molecular formula is C12H10F6O3. The summed E-state index contributed by atoms with van der Waals surface area (Å²) in [6.45, 7) is 1.20.